The Bertz CT molecular complexity index is 1290. The average Bonchev–Trinajstić information content (AvgIpc) is 3.25. The molecule has 0 bridgehead atoms. The lowest BCUT2D eigenvalue weighted by Gasteiger charge is -2.02. The molecule has 0 amide bonds. The minimum absolute atomic E-state index is 0.534. The van der Waals surface area contributed by atoms with Crippen molar-refractivity contribution in [2.75, 3.05) is 0 Å². The van der Waals surface area contributed by atoms with E-state index < -0.39 is 0 Å². The van der Waals surface area contributed by atoms with Crippen LogP contribution in [-0.4, -0.2) is 16.9 Å². The number of azo groups is 2. The standard InChI is InChI=1S/C24H21N7S/c1-16-13-19(25-3)9-11-21(16)27-26-20-10-12-22(17(2)14-20)28-30-24-31-29-23(32-24)15-18-7-5-4-6-8-18/h4-14H,3,15H2,1-2H3. The molecule has 8 heteroatoms. The van der Waals surface area contributed by atoms with Crippen LogP contribution in [0, 0.1) is 13.8 Å². The summed E-state index contributed by atoms with van der Waals surface area (Å²) in [7, 11) is 0. The summed E-state index contributed by atoms with van der Waals surface area (Å²) in [6.07, 6.45) is 0.735. The molecule has 158 valence electrons. The molecule has 0 aliphatic heterocycles. The molecule has 0 unspecified atom stereocenters. The summed E-state index contributed by atoms with van der Waals surface area (Å²) in [5.74, 6) is 0. The van der Waals surface area contributed by atoms with Crippen molar-refractivity contribution in [1.29, 1.82) is 0 Å². The third kappa shape index (κ3) is 5.41. The van der Waals surface area contributed by atoms with Crippen LogP contribution >= 0.6 is 11.3 Å². The van der Waals surface area contributed by atoms with Gasteiger partial charge in [-0.15, -0.1) is 20.4 Å². The molecule has 0 fully saturated rings. The fourth-order valence-corrected chi connectivity index (χ4v) is 3.69. The lowest BCUT2D eigenvalue weighted by atomic mass is 10.2. The van der Waals surface area contributed by atoms with Crippen molar-refractivity contribution in [3.8, 4) is 0 Å². The van der Waals surface area contributed by atoms with Gasteiger partial charge in [-0.2, -0.15) is 10.2 Å². The molecule has 3 aromatic carbocycles. The highest BCUT2D eigenvalue weighted by Gasteiger charge is 2.05. The maximum atomic E-state index is 4.35. The van der Waals surface area contributed by atoms with Gasteiger partial charge in [-0.25, -0.2) is 0 Å². The molecule has 1 aromatic heterocycles. The van der Waals surface area contributed by atoms with Crippen LogP contribution in [0.25, 0.3) is 0 Å². The molecule has 0 atom stereocenters. The van der Waals surface area contributed by atoms with Crippen molar-refractivity contribution >= 4 is 45.9 Å². The predicted molar refractivity (Wildman–Crippen MR) is 129 cm³/mol. The van der Waals surface area contributed by atoms with Crippen molar-refractivity contribution < 1.29 is 0 Å². The quantitative estimate of drug-likeness (QED) is 0.216. The van der Waals surface area contributed by atoms with Gasteiger partial charge < -0.3 is 0 Å². The zero-order valence-electron chi connectivity index (χ0n) is 17.8. The Hall–Kier alpha value is -3.91. The second-order valence-electron chi connectivity index (χ2n) is 7.14. The minimum Gasteiger partial charge on any atom is -0.265 e. The van der Waals surface area contributed by atoms with Gasteiger partial charge in [0.25, 0.3) is 5.13 Å². The summed E-state index contributed by atoms with van der Waals surface area (Å²) < 4.78 is 0. The fraction of sp³-hybridized carbons (Fsp3) is 0.125. The molecule has 0 saturated carbocycles. The Balaban J connectivity index is 1.43. The highest BCUT2D eigenvalue weighted by Crippen LogP contribution is 2.30. The van der Waals surface area contributed by atoms with Gasteiger partial charge in [0, 0.05) is 6.42 Å². The zero-order valence-corrected chi connectivity index (χ0v) is 18.6. The van der Waals surface area contributed by atoms with E-state index in [-0.39, 0.29) is 0 Å². The first-order valence-corrected chi connectivity index (χ1v) is 10.8. The molecule has 4 aromatic rings. The third-order valence-electron chi connectivity index (χ3n) is 4.71. The van der Waals surface area contributed by atoms with Crippen LogP contribution in [0.2, 0.25) is 0 Å². The predicted octanol–water partition coefficient (Wildman–Crippen LogP) is 7.91. The molecular formula is C24H21N7S. The number of aryl methyl sites for hydroxylation is 2. The number of aromatic nitrogens is 2. The summed E-state index contributed by atoms with van der Waals surface area (Å²) in [5.41, 5.74) is 6.23. The highest BCUT2D eigenvalue weighted by atomic mass is 32.1. The molecule has 0 radical (unpaired) electrons. The number of aliphatic imine (C=N–C) groups is 1. The van der Waals surface area contributed by atoms with E-state index in [4.69, 9.17) is 0 Å². The van der Waals surface area contributed by atoms with Gasteiger partial charge in [0.05, 0.1) is 22.7 Å². The first kappa shape index (κ1) is 21.3. The SMILES string of the molecule is C=Nc1ccc(N=Nc2ccc(N=Nc3nnc(Cc4ccccc4)s3)c(C)c2)c(C)c1. The molecule has 32 heavy (non-hydrogen) atoms. The zero-order chi connectivity index (χ0) is 22.3. The van der Waals surface area contributed by atoms with Crippen molar-refractivity contribution in [3.05, 3.63) is 88.4 Å². The van der Waals surface area contributed by atoms with Gasteiger partial charge in [-0.05, 0) is 73.7 Å². The molecule has 7 nitrogen and oxygen atoms in total. The summed E-state index contributed by atoms with van der Waals surface area (Å²) in [6.45, 7) is 7.47. The molecule has 0 spiro atoms. The second kappa shape index (κ2) is 9.93. The number of nitrogens with zero attached hydrogens (tertiary/aromatic N) is 7. The smallest absolute Gasteiger partial charge is 0.251 e. The summed E-state index contributed by atoms with van der Waals surface area (Å²) in [4.78, 5) is 3.92. The van der Waals surface area contributed by atoms with E-state index in [9.17, 15) is 0 Å². The van der Waals surface area contributed by atoms with Crippen LogP contribution in [0.5, 0.6) is 0 Å². The van der Waals surface area contributed by atoms with Crippen LogP contribution in [-0.2, 0) is 6.42 Å². The van der Waals surface area contributed by atoms with E-state index in [0.29, 0.717) is 5.13 Å². The van der Waals surface area contributed by atoms with Crippen LogP contribution in [0.3, 0.4) is 0 Å². The van der Waals surface area contributed by atoms with Crippen molar-refractivity contribution in [2.45, 2.75) is 20.3 Å². The fourth-order valence-electron chi connectivity index (χ4n) is 3.00. The third-order valence-corrected chi connectivity index (χ3v) is 5.52. The summed E-state index contributed by atoms with van der Waals surface area (Å²) >= 11 is 1.44. The van der Waals surface area contributed by atoms with Gasteiger partial charge in [0.1, 0.15) is 5.01 Å². The normalized spacial score (nSPS) is 11.4. The number of rotatable bonds is 7. The summed E-state index contributed by atoms with van der Waals surface area (Å²) in [5, 5.41) is 27.0. The van der Waals surface area contributed by atoms with Crippen LogP contribution in [0.4, 0.5) is 27.9 Å². The summed E-state index contributed by atoms with van der Waals surface area (Å²) in [6, 6.07) is 21.5. The van der Waals surface area contributed by atoms with E-state index in [1.807, 2.05) is 68.4 Å². The Morgan fingerprint density at radius 3 is 2.09 bits per heavy atom. The van der Waals surface area contributed by atoms with Gasteiger partial charge in [-0.3, -0.25) is 4.99 Å². The maximum Gasteiger partial charge on any atom is 0.251 e. The molecule has 0 aliphatic carbocycles. The van der Waals surface area contributed by atoms with Crippen LogP contribution in [0.1, 0.15) is 21.7 Å². The Kier molecular flexibility index (Phi) is 6.62. The molecule has 0 N–H and O–H groups in total. The van der Waals surface area contributed by atoms with E-state index >= 15 is 0 Å². The van der Waals surface area contributed by atoms with Crippen LogP contribution in [0.15, 0.2) is 92.2 Å². The van der Waals surface area contributed by atoms with E-state index in [1.165, 1.54) is 16.9 Å². The van der Waals surface area contributed by atoms with E-state index in [0.717, 1.165) is 45.3 Å². The lowest BCUT2D eigenvalue weighted by molar-refractivity contribution is 0.990. The monoisotopic (exact) mass is 439 g/mol. The van der Waals surface area contributed by atoms with Gasteiger partial charge in [0.2, 0.25) is 0 Å². The molecule has 1 heterocycles. The number of hydrogen-bond acceptors (Lipinski definition) is 8. The first-order chi connectivity index (χ1) is 15.6. The number of benzene rings is 3. The molecule has 4 rings (SSSR count). The number of hydrogen-bond donors (Lipinski definition) is 0. The molecular weight excluding hydrogens is 418 g/mol. The molecule has 0 aliphatic rings. The average molecular weight is 440 g/mol. The highest BCUT2D eigenvalue weighted by molar-refractivity contribution is 7.14. The van der Waals surface area contributed by atoms with Crippen molar-refractivity contribution in [3.63, 3.8) is 0 Å². The largest absolute Gasteiger partial charge is 0.265 e. The maximum absolute atomic E-state index is 4.35. The topological polar surface area (TPSA) is 87.6 Å². The molecule has 0 saturated heterocycles. The minimum atomic E-state index is 0.534. The first-order valence-electron chi connectivity index (χ1n) is 9.98. The van der Waals surface area contributed by atoms with Gasteiger partial charge >= 0.3 is 0 Å². The lowest BCUT2D eigenvalue weighted by Crippen LogP contribution is -1.85. The second-order valence-corrected chi connectivity index (χ2v) is 8.18. The van der Waals surface area contributed by atoms with Gasteiger partial charge in [0.15, 0.2) is 0 Å². The van der Waals surface area contributed by atoms with E-state index in [1.54, 1.807) is 0 Å². The van der Waals surface area contributed by atoms with Crippen LogP contribution < -0.4 is 0 Å². The van der Waals surface area contributed by atoms with Crippen molar-refractivity contribution in [1.82, 2.24) is 10.2 Å². The Morgan fingerprint density at radius 2 is 1.41 bits per heavy atom. The Morgan fingerprint density at radius 1 is 0.750 bits per heavy atom. The van der Waals surface area contributed by atoms with E-state index in [2.05, 4.69) is 54.5 Å². The van der Waals surface area contributed by atoms with Gasteiger partial charge in [-0.1, -0.05) is 41.7 Å². The van der Waals surface area contributed by atoms with Crippen molar-refractivity contribution in [2.24, 2.45) is 25.4 Å². The Labute approximate surface area is 190 Å².